The average Bonchev–Trinajstić information content (AvgIpc) is 2.54. The Labute approximate surface area is 136 Å². The van der Waals surface area contributed by atoms with E-state index in [1.54, 1.807) is 0 Å². The lowest BCUT2D eigenvalue weighted by Gasteiger charge is -2.11. The van der Waals surface area contributed by atoms with Gasteiger partial charge in [-0.25, -0.2) is 0 Å². The Morgan fingerprint density at radius 2 is 1.52 bits per heavy atom. The molecule has 0 unspecified atom stereocenters. The van der Waals surface area contributed by atoms with Gasteiger partial charge in [-0.15, -0.1) is 0 Å². The monoisotopic (exact) mass is 311 g/mol. The zero-order valence-electron chi connectivity index (χ0n) is 13.0. The topological polar surface area (TPSA) is 66.4 Å². The molecule has 0 radical (unpaired) electrons. The molecule has 2 aromatic carbocycles. The molecule has 2 N–H and O–H groups in total. The summed E-state index contributed by atoms with van der Waals surface area (Å²) in [4.78, 5) is 22.5. The van der Waals surface area contributed by atoms with E-state index in [4.69, 9.17) is 5.11 Å². The first-order valence-electron chi connectivity index (χ1n) is 7.78. The molecule has 0 spiro atoms. The van der Waals surface area contributed by atoms with Crippen LogP contribution in [0, 0.1) is 0 Å². The average molecular weight is 311 g/mol. The Bertz CT molecular complexity index is 653. The van der Waals surface area contributed by atoms with Crippen LogP contribution in [0.5, 0.6) is 0 Å². The molecular formula is C19H21NO3. The summed E-state index contributed by atoms with van der Waals surface area (Å²) in [6.45, 7) is 0. The number of carboxylic acids is 1. The van der Waals surface area contributed by atoms with Crippen LogP contribution >= 0.6 is 0 Å². The van der Waals surface area contributed by atoms with E-state index in [1.807, 2.05) is 42.5 Å². The largest absolute Gasteiger partial charge is 0.481 e. The summed E-state index contributed by atoms with van der Waals surface area (Å²) < 4.78 is 0. The van der Waals surface area contributed by atoms with Gasteiger partial charge in [0.2, 0.25) is 5.91 Å². The van der Waals surface area contributed by atoms with Crippen LogP contribution < -0.4 is 5.32 Å². The number of hydrogen-bond acceptors (Lipinski definition) is 2. The summed E-state index contributed by atoms with van der Waals surface area (Å²) in [5, 5.41) is 11.5. The van der Waals surface area contributed by atoms with Gasteiger partial charge in [0.1, 0.15) is 0 Å². The van der Waals surface area contributed by atoms with Crippen LogP contribution in [0.15, 0.2) is 54.6 Å². The maximum Gasteiger partial charge on any atom is 0.303 e. The number of para-hydroxylation sites is 1. The molecular weight excluding hydrogens is 290 g/mol. The Kier molecular flexibility index (Phi) is 6.36. The lowest BCUT2D eigenvalue weighted by Crippen LogP contribution is -2.13. The highest BCUT2D eigenvalue weighted by molar-refractivity contribution is 5.91. The Balaban J connectivity index is 1.92. The van der Waals surface area contributed by atoms with Gasteiger partial charge in [0.15, 0.2) is 0 Å². The maximum atomic E-state index is 12.0. The molecule has 0 saturated heterocycles. The fraction of sp³-hybridized carbons (Fsp3) is 0.263. The van der Waals surface area contributed by atoms with E-state index in [0.717, 1.165) is 17.7 Å². The van der Waals surface area contributed by atoms with E-state index in [0.29, 0.717) is 19.3 Å². The molecule has 0 saturated carbocycles. The molecule has 23 heavy (non-hydrogen) atoms. The highest BCUT2D eigenvalue weighted by Crippen LogP contribution is 2.19. The first kappa shape index (κ1) is 16.7. The van der Waals surface area contributed by atoms with Gasteiger partial charge in [0.25, 0.3) is 0 Å². The zero-order chi connectivity index (χ0) is 16.5. The fourth-order valence-corrected chi connectivity index (χ4v) is 2.39. The summed E-state index contributed by atoms with van der Waals surface area (Å²) in [7, 11) is 0. The maximum absolute atomic E-state index is 12.0. The Hall–Kier alpha value is -2.62. The van der Waals surface area contributed by atoms with Crippen molar-refractivity contribution in [2.24, 2.45) is 0 Å². The van der Waals surface area contributed by atoms with Gasteiger partial charge in [0.05, 0.1) is 0 Å². The number of nitrogens with one attached hydrogen (secondary N) is 1. The van der Waals surface area contributed by atoms with E-state index in [2.05, 4.69) is 17.4 Å². The van der Waals surface area contributed by atoms with Crippen LogP contribution in [0.1, 0.15) is 36.8 Å². The predicted octanol–water partition coefficient (Wildman–Crippen LogP) is 3.86. The molecule has 0 aliphatic rings. The van der Waals surface area contributed by atoms with Crippen molar-refractivity contribution in [1.82, 2.24) is 0 Å². The predicted molar refractivity (Wildman–Crippen MR) is 90.4 cm³/mol. The number of rotatable bonds is 8. The van der Waals surface area contributed by atoms with Crippen LogP contribution in [-0.4, -0.2) is 17.0 Å². The molecule has 4 heteroatoms. The van der Waals surface area contributed by atoms with E-state index in [-0.39, 0.29) is 12.3 Å². The minimum atomic E-state index is -0.821. The number of benzene rings is 2. The van der Waals surface area contributed by atoms with Crippen molar-refractivity contribution in [3.05, 3.63) is 65.7 Å². The van der Waals surface area contributed by atoms with E-state index >= 15 is 0 Å². The first-order chi connectivity index (χ1) is 11.1. The quantitative estimate of drug-likeness (QED) is 0.727. The van der Waals surface area contributed by atoms with E-state index < -0.39 is 5.97 Å². The molecule has 0 aliphatic heterocycles. The van der Waals surface area contributed by atoms with E-state index in [1.165, 1.54) is 5.56 Å². The Morgan fingerprint density at radius 1 is 0.870 bits per heavy atom. The number of unbranched alkanes of at least 4 members (excludes halogenated alkanes) is 1. The number of carbonyl (C=O) groups is 2. The van der Waals surface area contributed by atoms with Gasteiger partial charge in [-0.1, -0.05) is 48.5 Å². The number of hydrogen-bond donors (Lipinski definition) is 2. The summed E-state index contributed by atoms with van der Waals surface area (Å²) in [5.41, 5.74) is 3.08. The molecule has 0 atom stereocenters. The third-order valence-corrected chi connectivity index (χ3v) is 3.57. The van der Waals surface area contributed by atoms with Crippen LogP contribution in [0.3, 0.4) is 0 Å². The Morgan fingerprint density at radius 3 is 2.26 bits per heavy atom. The van der Waals surface area contributed by atoms with Crippen molar-refractivity contribution in [3.63, 3.8) is 0 Å². The summed E-state index contributed by atoms with van der Waals surface area (Å²) in [5.74, 6) is -0.894. The van der Waals surface area contributed by atoms with Crippen molar-refractivity contribution in [1.29, 1.82) is 0 Å². The van der Waals surface area contributed by atoms with Crippen molar-refractivity contribution < 1.29 is 14.7 Å². The third kappa shape index (κ3) is 5.94. The van der Waals surface area contributed by atoms with Gasteiger partial charge in [0, 0.05) is 18.5 Å². The number of carbonyl (C=O) groups excluding carboxylic acids is 1. The van der Waals surface area contributed by atoms with Crippen LogP contribution in [0.2, 0.25) is 0 Å². The molecule has 4 nitrogen and oxygen atoms in total. The molecule has 0 aliphatic carbocycles. The van der Waals surface area contributed by atoms with Crippen molar-refractivity contribution in [3.8, 4) is 0 Å². The van der Waals surface area contributed by atoms with Gasteiger partial charge in [-0.2, -0.15) is 0 Å². The molecule has 2 aromatic rings. The third-order valence-electron chi connectivity index (χ3n) is 3.57. The molecule has 0 aromatic heterocycles. The SMILES string of the molecule is O=C(O)CCCCC(=O)Nc1ccccc1Cc1ccccc1. The number of carboxylic acid groups (broad SMARTS) is 1. The van der Waals surface area contributed by atoms with E-state index in [9.17, 15) is 9.59 Å². The second-order valence-electron chi connectivity index (χ2n) is 5.47. The van der Waals surface area contributed by atoms with Crippen molar-refractivity contribution in [2.75, 3.05) is 5.32 Å². The highest BCUT2D eigenvalue weighted by atomic mass is 16.4. The zero-order valence-corrected chi connectivity index (χ0v) is 13.0. The second-order valence-corrected chi connectivity index (χ2v) is 5.47. The van der Waals surface area contributed by atoms with Gasteiger partial charge < -0.3 is 10.4 Å². The molecule has 120 valence electrons. The van der Waals surface area contributed by atoms with Crippen LogP contribution in [0.25, 0.3) is 0 Å². The normalized spacial score (nSPS) is 10.3. The summed E-state index contributed by atoms with van der Waals surface area (Å²) >= 11 is 0. The summed E-state index contributed by atoms with van der Waals surface area (Å²) in [6, 6.07) is 17.9. The minimum absolute atomic E-state index is 0.0732. The molecule has 0 bridgehead atoms. The summed E-state index contributed by atoms with van der Waals surface area (Å²) in [6.07, 6.45) is 2.31. The van der Waals surface area contributed by atoms with Gasteiger partial charge in [-0.05, 0) is 36.5 Å². The highest BCUT2D eigenvalue weighted by Gasteiger charge is 2.07. The molecule has 1 amide bonds. The smallest absolute Gasteiger partial charge is 0.303 e. The van der Waals surface area contributed by atoms with Crippen LogP contribution in [-0.2, 0) is 16.0 Å². The van der Waals surface area contributed by atoms with Gasteiger partial charge in [-0.3, -0.25) is 9.59 Å². The number of aliphatic carboxylic acids is 1. The second kappa shape index (κ2) is 8.73. The van der Waals surface area contributed by atoms with Crippen molar-refractivity contribution >= 4 is 17.6 Å². The standard InChI is InChI=1S/C19H21NO3/c21-18(12-6-7-13-19(22)23)20-17-11-5-4-10-16(17)14-15-8-2-1-3-9-15/h1-5,8-11H,6-7,12-14H2,(H,20,21)(H,22,23). The number of amides is 1. The first-order valence-corrected chi connectivity index (χ1v) is 7.78. The van der Waals surface area contributed by atoms with Crippen molar-refractivity contribution in [2.45, 2.75) is 32.1 Å². The molecule has 0 fully saturated rings. The fourth-order valence-electron chi connectivity index (χ4n) is 2.39. The molecule has 0 heterocycles. The lowest BCUT2D eigenvalue weighted by atomic mass is 10.0. The van der Waals surface area contributed by atoms with Gasteiger partial charge >= 0.3 is 5.97 Å². The minimum Gasteiger partial charge on any atom is -0.481 e. The lowest BCUT2D eigenvalue weighted by molar-refractivity contribution is -0.137. The number of anilines is 1. The molecule has 2 rings (SSSR count). The van der Waals surface area contributed by atoms with Crippen LogP contribution in [0.4, 0.5) is 5.69 Å².